The van der Waals surface area contributed by atoms with Crippen LogP contribution < -0.4 is 31.2 Å². The molecular formula is C72H60FeN12O8. The van der Waals surface area contributed by atoms with Crippen LogP contribution in [0.4, 0.5) is 22.7 Å². The maximum atomic E-state index is 14.9. The van der Waals surface area contributed by atoms with Crippen LogP contribution >= 0.6 is 0 Å². The molecule has 20 nitrogen and oxygen atoms in total. The van der Waals surface area contributed by atoms with Gasteiger partial charge in [-0.3, -0.25) is 38.4 Å². The minimum absolute atomic E-state index is 0. The third-order valence-electron chi connectivity index (χ3n) is 18.5. The van der Waals surface area contributed by atoms with E-state index in [2.05, 4.69) is 21.3 Å². The van der Waals surface area contributed by atoms with Crippen molar-refractivity contribution in [2.24, 2.45) is 0 Å². The Labute approximate surface area is 544 Å². The van der Waals surface area contributed by atoms with Crippen molar-refractivity contribution in [1.29, 1.82) is 0 Å². The molecule has 0 saturated carbocycles. The summed E-state index contributed by atoms with van der Waals surface area (Å²) in [6, 6.07) is 33.1. The molecule has 93 heavy (non-hydrogen) atoms. The standard InChI is InChI=1S/C72H62N12O8.Fe/c85-61-33-34-62(86)82-38-12-24-60(82)72(92)80-48-20-8-4-16-44(48)68-55-31-29-53(75-55)66-42-14-2-6-18-46(42)78-70(90)58-22-10-39-83(58)63(87)35-36-64(88)84-40-11-23-59(84)71(91)79-47-19-7-3-15-43(47)67(54-30-32-56(68)76-54)52-28-26-50(74-52)65(49-25-27-51(66)73-49)41-13-1-5-17-45(41)77-69(89)57-21-9-37-81(57)61;/h1-8,13-20,25-36,57-60H,9-12,21-24,37-40H2,(H6,73,74,75,76,77,78,79,80,85,86,87,88,89,90,91,92);/q;+2/p-2/t57-,58-,59-,60-;/m0./s1. The predicted molar refractivity (Wildman–Crippen MR) is 350 cm³/mol. The fourth-order valence-corrected chi connectivity index (χ4v) is 14.2. The molecule has 13 heterocycles. The van der Waals surface area contributed by atoms with Gasteiger partial charge in [0.25, 0.3) is 0 Å². The molecule has 4 aromatic carbocycles. The molecule has 4 saturated heterocycles. The van der Waals surface area contributed by atoms with Crippen LogP contribution in [-0.4, -0.2) is 127 Å². The van der Waals surface area contributed by atoms with Crippen LogP contribution in [0.25, 0.3) is 90.9 Å². The fraction of sp³-hybridized carbons (Fsp3) is 0.222. The van der Waals surface area contributed by atoms with E-state index in [-0.39, 0.29) is 43.2 Å². The molecule has 0 radical (unpaired) electrons. The first kappa shape index (κ1) is 59.8. The first-order chi connectivity index (χ1) is 44.9. The van der Waals surface area contributed by atoms with Gasteiger partial charge in [-0.1, -0.05) is 97.1 Å². The average Bonchev–Trinajstić information content (AvgIpc) is 1.48. The Morgan fingerprint density at radius 1 is 0.312 bits per heavy atom. The van der Waals surface area contributed by atoms with Gasteiger partial charge in [0.1, 0.15) is 24.2 Å². The summed E-state index contributed by atoms with van der Waals surface area (Å²) in [4.78, 5) is 144. The van der Waals surface area contributed by atoms with Gasteiger partial charge < -0.3 is 50.8 Å². The van der Waals surface area contributed by atoms with E-state index < -0.39 is 71.4 Å². The van der Waals surface area contributed by atoms with Gasteiger partial charge in [0.15, 0.2) is 0 Å². The number of hydrogen-bond donors (Lipinski definition) is 4. The number of amides is 8. The van der Waals surface area contributed by atoms with Gasteiger partial charge in [-0.25, -0.2) is 9.97 Å². The molecule has 0 spiro atoms. The molecule has 4 fully saturated rings. The van der Waals surface area contributed by atoms with Gasteiger partial charge in [0.05, 0.1) is 22.8 Å². The summed E-state index contributed by atoms with van der Waals surface area (Å²) in [6.07, 6.45) is 15.8. The summed E-state index contributed by atoms with van der Waals surface area (Å²) in [7, 11) is 0. The first-order valence-corrected chi connectivity index (χ1v) is 31.2. The van der Waals surface area contributed by atoms with Gasteiger partial charge in [-0.05, 0) is 122 Å². The van der Waals surface area contributed by atoms with Crippen molar-refractivity contribution in [2.45, 2.75) is 75.5 Å². The Morgan fingerprint density at radius 2 is 0.538 bits per heavy atom. The maximum Gasteiger partial charge on any atom is 2.00 e. The van der Waals surface area contributed by atoms with E-state index >= 15 is 0 Å². The second-order valence-corrected chi connectivity index (χ2v) is 23.9. The summed E-state index contributed by atoms with van der Waals surface area (Å²) < 4.78 is 0. The van der Waals surface area contributed by atoms with Crippen molar-refractivity contribution in [3.05, 3.63) is 168 Å². The van der Waals surface area contributed by atoms with Crippen LogP contribution in [0.5, 0.6) is 0 Å². The minimum atomic E-state index is -0.903. The number of anilines is 4. The first-order valence-electron chi connectivity index (χ1n) is 31.2. The maximum absolute atomic E-state index is 14.9. The van der Waals surface area contributed by atoms with Crippen LogP contribution in [-0.2, 0) is 55.4 Å². The van der Waals surface area contributed by atoms with Crippen LogP contribution in [0.3, 0.4) is 0 Å². The van der Waals surface area contributed by atoms with Gasteiger partial charge in [-0.15, -0.1) is 22.1 Å². The molecule has 0 unspecified atom stereocenters. The monoisotopic (exact) mass is 1280 g/mol. The molecule has 10 aliphatic heterocycles. The summed E-state index contributed by atoms with van der Waals surface area (Å²) >= 11 is 0. The van der Waals surface area contributed by atoms with E-state index in [9.17, 15) is 38.4 Å². The number of fused-ring (bicyclic) bond motifs is 8. The number of nitrogens with zero attached hydrogens (tertiary/aromatic N) is 8. The molecule has 10 aliphatic rings. The Kier molecular flexibility index (Phi) is 16.0. The number of rotatable bonds is 0. The van der Waals surface area contributed by atoms with Crippen molar-refractivity contribution in [2.75, 3.05) is 47.4 Å². The van der Waals surface area contributed by atoms with E-state index in [0.717, 1.165) is 0 Å². The van der Waals surface area contributed by atoms with Crippen LogP contribution in [0.15, 0.2) is 146 Å². The van der Waals surface area contributed by atoms with Crippen LogP contribution in [0.2, 0.25) is 0 Å². The van der Waals surface area contributed by atoms with E-state index in [0.29, 0.717) is 163 Å². The summed E-state index contributed by atoms with van der Waals surface area (Å²) in [5, 5.41) is 12.7. The summed E-state index contributed by atoms with van der Waals surface area (Å²) in [6.45, 7) is 1.09. The summed E-state index contributed by atoms with van der Waals surface area (Å²) in [5.41, 5.74) is 9.29. The van der Waals surface area contributed by atoms with E-state index in [1.807, 2.05) is 97.1 Å². The topological polar surface area (TPSA) is 252 Å². The predicted octanol–water partition coefficient (Wildman–Crippen LogP) is 9.44. The van der Waals surface area contributed by atoms with Crippen molar-refractivity contribution in [3.8, 4) is 44.5 Å². The van der Waals surface area contributed by atoms with Crippen LogP contribution in [0.1, 0.15) is 74.1 Å². The number of nitrogens with one attached hydrogen (secondary N) is 4. The van der Waals surface area contributed by atoms with Crippen molar-refractivity contribution < 1.29 is 55.4 Å². The minimum Gasteiger partial charge on any atom is -0.657 e. The Bertz CT molecular complexity index is 4090. The fourth-order valence-electron chi connectivity index (χ4n) is 14.2. The quantitative estimate of drug-likeness (QED) is 0.104. The molecule has 4 N–H and O–H groups in total. The third-order valence-corrected chi connectivity index (χ3v) is 18.5. The summed E-state index contributed by atoms with van der Waals surface area (Å²) in [5.74, 6) is -3.87. The zero-order valence-electron chi connectivity index (χ0n) is 50.2. The number of aromatic nitrogens is 4. The van der Waals surface area contributed by atoms with Gasteiger partial charge >= 0.3 is 17.1 Å². The van der Waals surface area contributed by atoms with Gasteiger partial charge in [0, 0.05) is 95.5 Å². The Morgan fingerprint density at radius 3 is 0.774 bits per heavy atom. The van der Waals surface area contributed by atoms with Gasteiger partial charge in [0.2, 0.25) is 47.3 Å². The second-order valence-electron chi connectivity index (χ2n) is 23.9. The number of carbonyl (C=O) groups excluding carboxylic acids is 8. The van der Waals surface area contributed by atoms with E-state index in [1.54, 1.807) is 48.5 Å². The molecule has 0 aliphatic carbocycles. The third kappa shape index (κ3) is 11.0. The number of benzene rings is 4. The van der Waals surface area contributed by atoms with Crippen molar-refractivity contribution in [3.63, 3.8) is 0 Å². The number of hydrogen-bond acceptors (Lipinski definition) is 10. The zero-order chi connectivity index (χ0) is 62.7. The molecule has 21 heteroatoms. The molecule has 17 rings (SSSR count). The average molecular weight is 1280 g/mol. The second kappa shape index (κ2) is 24.8. The largest absolute Gasteiger partial charge is 2.00 e. The molecule has 7 aromatic rings. The normalized spacial score (nSPS) is 21.2. The number of carbonyl (C=O) groups is 8. The SMILES string of the molecule is O=C1Nc2ccccc2-c2c3nc(c4c5ccc([n-]5)c(c5nc(c(c6ccc2[n-]6)-c2ccccc2NC(=O)[C@@H]2CCCN2C(=O)/C=C/C(=O)N2CCC[C@H]2C(=O)Nc2ccccc2-4)C=C5)-c2ccccc2NC(=O)[C@@H]2CCCN2C(=O)/C=C/C(=O)N2CCC[C@@H]12)C=C3.[Fe+2]. The molecule has 8 amide bonds. The molecule has 4 atom stereocenters. The van der Waals surface area contributed by atoms with Crippen molar-refractivity contribution in [1.82, 2.24) is 39.5 Å². The Balaban J connectivity index is 0.00000749. The molecule has 464 valence electrons. The van der Waals surface area contributed by atoms with E-state index in [4.69, 9.17) is 19.9 Å². The molecule has 3 aromatic heterocycles. The van der Waals surface area contributed by atoms with Gasteiger partial charge in [-0.2, -0.15) is 0 Å². The van der Waals surface area contributed by atoms with E-state index in [1.165, 1.54) is 43.9 Å². The number of para-hydroxylation sites is 4. The smallest absolute Gasteiger partial charge is 0.657 e. The zero-order valence-corrected chi connectivity index (χ0v) is 51.3. The molecular weight excluding hydrogens is 1220 g/mol. The van der Waals surface area contributed by atoms with Crippen molar-refractivity contribution >= 4 is 116 Å². The Hall–Kier alpha value is -10.8. The molecule has 12 bridgehead atoms. The van der Waals surface area contributed by atoms with Crippen LogP contribution in [0, 0.1) is 0 Å².